The number of thiazole rings is 2. The molecule has 9 heteroatoms. The molecule has 2 heterocycles. The number of rotatable bonds is 7. The third kappa shape index (κ3) is 4.61. The number of esters is 1. The number of hydrogen-bond acceptors (Lipinski definition) is 8. The lowest BCUT2D eigenvalue weighted by molar-refractivity contribution is -0.119. The summed E-state index contributed by atoms with van der Waals surface area (Å²) in [5.41, 5.74) is 2.66. The van der Waals surface area contributed by atoms with Crippen molar-refractivity contribution in [3.8, 4) is 16.3 Å². The number of carbonyl (C=O) groups is 2. The maximum Gasteiger partial charge on any atom is 0.339 e. The van der Waals surface area contributed by atoms with Crippen molar-refractivity contribution in [2.75, 3.05) is 18.5 Å². The third-order valence-electron chi connectivity index (χ3n) is 4.92. The van der Waals surface area contributed by atoms with Crippen LogP contribution in [0.15, 0.2) is 66.7 Å². The Bertz CT molecular complexity index is 1480. The topological polar surface area (TPSA) is 90.4 Å². The second kappa shape index (κ2) is 9.58. The summed E-state index contributed by atoms with van der Waals surface area (Å²) in [6.45, 7) is 2.07. The Labute approximate surface area is 203 Å². The van der Waals surface area contributed by atoms with Gasteiger partial charge in [0.05, 0.1) is 32.6 Å². The van der Waals surface area contributed by atoms with E-state index in [1.807, 2.05) is 61.5 Å². The number of ether oxygens (including phenoxy) is 2. The van der Waals surface area contributed by atoms with Gasteiger partial charge in [0.15, 0.2) is 11.7 Å². The van der Waals surface area contributed by atoms with E-state index in [-0.39, 0.29) is 0 Å². The normalized spacial score (nSPS) is 11.0. The van der Waals surface area contributed by atoms with Crippen LogP contribution in [-0.4, -0.2) is 35.1 Å². The first kappa shape index (κ1) is 22.0. The highest BCUT2D eigenvalue weighted by Crippen LogP contribution is 2.32. The van der Waals surface area contributed by atoms with E-state index in [1.165, 1.54) is 22.7 Å². The predicted molar refractivity (Wildman–Crippen MR) is 135 cm³/mol. The van der Waals surface area contributed by atoms with E-state index in [0.29, 0.717) is 22.9 Å². The quantitative estimate of drug-likeness (QED) is 0.292. The number of nitrogens with zero attached hydrogens (tertiary/aromatic N) is 2. The molecule has 5 rings (SSSR count). The molecule has 0 aliphatic carbocycles. The summed E-state index contributed by atoms with van der Waals surface area (Å²) < 4.78 is 12.7. The van der Waals surface area contributed by atoms with E-state index in [4.69, 9.17) is 9.47 Å². The van der Waals surface area contributed by atoms with E-state index >= 15 is 0 Å². The largest absolute Gasteiger partial charge is 0.494 e. The zero-order valence-electron chi connectivity index (χ0n) is 18.1. The zero-order chi connectivity index (χ0) is 23.5. The molecule has 0 aliphatic rings. The van der Waals surface area contributed by atoms with Crippen LogP contribution in [0, 0.1) is 0 Å². The first-order chi connectivity index (χ1) is 16.6. The molecule has 7 nitrogen and oxygen atoms in total. The van der Waals surface area contributed by atoms with Crippen molar-refractivity contribution in [2.24, 2.45) is 0 Å². The first-order valence-corrected chi connectivity index (χ1v) is 12.2. The van der Waals surface area contributed by atoms with Gasteiger partial charge in [-0.3, -0.25) is 10.1 Å². The molecule has 170 valence electrons. The molecule has 3 aromatic carbocycles. The fourth-order valence-electron chi connectivity index (χ4n) is 3.41. The lowest BCUT2D eigenvalue weighted by Gasteiger charge is -2.07. The number of aromatic nitrogens is 2. The highest BCUT2D eigenvalue weighted by molar-refractivity contribution is 7.22. The number of hydrogen-bond donors (Lipinski definition) is 1. The van der Waals surface area contributed by atoms with Crippen LogP contribution in [0.4, 0.5) is 5.13 Å². The van der Waals surface area contributed by atoms with Gasteiger partial charge < -0.3 is 9.47 Å². The van der Waals surface area contributed by atoms with E-state index in [0.717, 1.165) is 31.2 Å². The van der Waals surface area contributed by atoms with Gasteiger partial charge in [0, 0.05) is 5.56 Å². The summed E-state index contributed by atoms with van der Waals surface area (Å²) in [6, 6.07) is 20.4. The van der Waals surface area contributed by atoms with Crippen molar-refractivity contribution in [2.45, 2.75) is 6.92 Å². The van der Waals surface area contributed by atoms with Gasteiger partial charge in [-0.25, -0.2) is 14.8 Å². The van der Waals surface area contributed by atoms with Crippen LogP contribution < -0.4 is 10.1 Å². The molecule has 0 saturated heterocycles. The number of fused-ring (bicyclic) bond motifs is 2. The minimum atomic E-state index is -0.587. The average molecular weight is 490 g/mol. The Morgan fingerprint density at radius 1 is 0.912 bits per heavy atom. The number of benzene rings is 3. The standard InChI is InChI=1S/C25H19N3O4S2/c1-2-31-15-11-12-19-21(13-15)34-25(27-19)28-22(29)14-32-24(30)17-8-4-3-7-16(17)23-26-18-9-5-6-10-20(18)33-23/h3-13H,2,14H2,1H3,(H,27,28,29). The van der Waals surface area contributed by atoms with Gasteiger partial charge in [0.2, 0.25) is 0 Å². The molecule has 1 N–H and O–H groups in total. The molecule has 0 aliphatic heterocycles. The van der Waals surface area contributed by atoms with Gasteiger partial charge in [0.1, 0.15) is 10.8 Å². The Morgan fingerprint density at radius 2 is 1.71 bits per heavy atom. The van der Waals surface area contributed by atoms with Crippen LogP contribution in [0.5, 0.6) is 5.75 Å². The lowest BCUT2D eigenvalue weighted by atomic mass is 10.1. The molecule has 0 unspecified atom stereocenters. The fourth-order valence-corrected chi connectivity index (χ4v) is 5.33. The van der Waals surface area contributed by atoms with Gasteiger partial charge in [0.25, 0.3) is 5.91 Å². The number of carbonyl (C=O) groups excluding carboxylic acids is 2. The molecular weight excluding hydrogens is 470 g/mol. The van der Waals surface area contributed by atoms with Crippen molar-refractivity contribution >= 4 is 60.1 Å². The minimum Gasteiger partial charge on any atom is -0.494 e. The molecule has 0 radical (unpaired) electrons. The average Bonchev–Trinajstić information content (AvgIpc) is 3.46. The zero-order valence-corrected chi connectivity index (χ0v) is 19.7. The van der Waals surface area contributed by atoms with Crippen molar-refractivity contribution in [3.05, 3.63) is 72.3 Å². The van der Waals surface area contributed by atoms with Gasteiger partial charge >= 0.3 is 5.97 Å². The van der Waals surface area contributed by atoms with Crippen LogP contribution in [0.25, 0.3) is 31.0 Å². The van der Waals surface area contributed by atoms with Crippen LogP contribution in [0.2, 0.25) is 0 Å². The van der Waals surface area contributed by atoms with E-state index < -0.39 is 18.5 Å². The lowest BCUT2D eigenvalue weighted by Crippen LogP contribution is -2.21. The summed E-state index contributed by atoms with van der Waals surface area (Å²) in [5, 5.41) is 3.85. The van der Waals surface area contributed by atoms with Crippen molar-refractivity contribution in [1.82, 2.24) is 9.97 Å². The molecule has 2 aromatic heterocycles. The molecule has 5 aromatic rings. The van der Waals surface area contributed by atoms with Crippen LogP contribution in [-0.2, 0) is 9.53 Å². The van der Waals surface area contributed by atoms with E-state index in [2.05, 4.69) is 15.3 Å². The van der Waals surface area contributed by atoms with Gasteiger partial charge in [-0.05, 0) is 43.3 Å². The monoisotopic (exact) mass is 489 g/mol. The molecule has 0 spiro atoms. The third-order valence-corrected chi connectivity index (χ3v) is 6.93. The maximum absolute atomic E-state index is 12.8. The fraction of sp³-hybridized carbons (Fsp3) is 0.120. The molecule has 34 heavy (non-hydrogen) atoms. The number of nitrogens with one attached hydrogen (secondary N) is 1. The maximum atomic E-state index is 12.8. The van der Waals surface area contributed by atoms with Gasteiger partial charge in [-0.1, -0.05) is 41.7 Å². The minimum absolute atomic E-state index is 0.359. The molecule has 1 amide bonds. The summed E-state index contributed by atoms with van der Waals surface area (Å²) in [6.07, 6.45) is 0. The molecule has 0 saturated carbocycles. The summed E-state index contributed by atoms with van der Waals surface area (Å²) >= 11 is 2.83. The Morgan fingerprint density at radius 3 is 2.56 bits per heavy atom. The molecular formula is C25H19N3O4S2. The Kier molecular flexibility index (Phi) is 6.20. The van der Waals surface area contributed by atoms with E-state index in [9.17, 15) is 9.59 Å². The van der Waals surface area contributed by atoms with Crippen molar-refractivity contribution in [1.29, 1.82) is 0 Å². The van der Waals surface area contributed by atoms with Crippen molar-refractivity contribution < 1.29 is 19.1 Å². The molecule has 0 bridgehead atoms. The smallest absolute Gasteiger partial charge is 0.339 e. The van der Waals surface area contributed by atoms with E-state index in [1.54, 1.807) is 12.1 Å². The molecule has 0 atom stereocenters. The highest BCUT2D eigenvalue weighted by atomic mass is 32.1. The number of amides is 1. The van der Waals surface area contributed by atoms with Crippen LogP contribution in [0.3, 0.4) is 0 Å². The second-order valence-electron chi connectivity index (χ2n) is 7.24. The van der Waals surface area contributed by atoms with Crippen LogP contribution >= 0.6 is 22.7 Å². The van der Waals surface area contributed by atoms with Gasteiger partial charge in [-0.15, -0.1) is 11.3 Å². The summed E-state index contributed by atoms with van der Waals surface area (Å²) in [4.78, 5) is 34.2. The first-order valence-electron chi connectivity index (χ1n) is 10.6. The molecule has 0 fully saturated rings. The van der Waals surface area contributed by atoms with Crippen LogP contribution in [0.1, 0.15) is 17.3 Å². The Balaban J connectivity index is 1.26. The highest BCUT2D eigenvalue weighted by Gasteiger charge is 2.18. The summed E-state index contributed by atoms with van der Waals surface area (Å²) in [5.74, 6) is -0.303. The predicted octanol–water partition coefficient (Wildman–Crippen LogP) is 5.77. The summed E-state index contributed by atoms with van der Waals surface area (Å²) in [7, 11) is 0. The number of para-hydroxylation sites is 1. The number of anilines is 1. The Hall–Kier alpha value is -3.82. The SMILES string of the molecule is CCOc1ccc2nc(NC(=O)COC(=O)c3ccccc3-c3nc4ccccc4s3)sc2c1. The second-order valence-corrected chi connectivity index (χ2v) is 9.30. The van der Waals surface area contributed by atoms with Gasteiger partial charge in [-0.2, -0.15) is 0 Å². The van der Waals surface area contributed by atoms with Crippen molar-refractivity contribution in [3.63, 3.8) is 0 Å².